The molecule has 0 fully saturated rings. The van der Waals surface area contributed by atoms with Gasteiger partial charge in [0.15, 0.2) is 0 Å². The van der Waals surface area contributed by atoms with Gasteiger partial charge < -0.3 is 9.47 Å². The second kappa shape index (κ2) is 16.4. The average Bonchev–Trinajstić information content (AvgIpc) is 2.84. The topological polar surface area (TPSA) is 78.4 Å². The predicted octanol–water partition coefficient (Wildman–Crippen LogP) is 7.05. The highest BCUT2D eigenvalue weighted by Gasteiger charge is 2.37. The number of hydrogen-bond donors (Lipinski definition) is 0. The molecule has 2 rings (SSSR count). The summed E-state index contributed by atoms with van der Waals surface area (Å²) in [7, 11) is 6.23. The van der Waals surface area contributed by atoms with Gasteiger partial charge in [-0.3, -0.25) is 9.59 Å². The Morgan fingerprint density at radius 2 is 1.19 bits per heavy atom. The summed E-state index contributed by atoms with van der Waals surface area (Å²) in [4.78, 5) is 33.7. The maximum absolute atomic E-state index is 12.6. The maximum atomic E-state index is 12.6. The van der Waals surface area contributed by atoms with Gasteiger partial charge in [-0.1, -0.05) is 69.5 Å². The van der Waals surface area contributed by atoms with Gasteiger partial charge in [-0.2, -0.15) is 0 Å². The molecule has 0 aromatic carbocycles. The van der Waals surface area contributed by atoms with Crippen LogP contribution in [0.5, 0.6) is 0 Å². The lowest BCUT2D eigenvalue weighted by Gasteiger charge is -2.26. The van der Waals surface area contributed by atoms with Crippen LogP contribution in [0.1, 0.15) is 27.7 Å². The molecule has 36 heavy (non-hydrogen) atoms. The van der Waals surface area contributed by atoms with E-state index in [0.717, 1.165) is 10.1 Å². The minimum Gasteiger partial charge on any atom is -0.464 e. The molecule has 0 N–H and O–H groups in total. The van der Waals surface area contributed by atoms with Gasteiger partial charge in [0.25, 0.3) is 0 Å². The number of rotatable bonds is 14. The van der Waals surface area contributed by atoms with E-state index in [-0.39, 0.29) is 11.9 Å². The zero-order chi connectivity index (χ0) is 26.4. The van der Waals surface area contributed by atoms with Gasteiger partial charge in [0.2, 0.25) is 0 Å². The first kappa shape index (κ1) is 31.6. The second-order valence-corrected chi connectivity index (χ2v) is 17.2. The average molecular weight is 621 g/mol. The van der Waals surface area contributed by atoms with Crippen LogP contribution < -0.4 is 0 Å². The van der Waals surface area contributed by atoms with Crippen LogP contribution in [0.4, 0.5) is 0 Å². The van der Waals surface area contributed by atoms with E-state index in [1.807, 2.05) is 36.4 Å². The summed E-state index contributed by atoms with van der Waals surface area (Å²) in [5.74, 6) is 0.595. The molecule has 196 valence electrons. The monoisotopic (exact) mass is 620 g/mol. The molecule has 6 nitrogen and oxygen atoms in total. The zero-order valence-electron chi connectivity index (χ0n) is 20.3. The molecule has 2 aromatic heterocycles. The lowest BCUT2D eigenvalue weighted by atomic mass is 10.2. The molecule has 0 unspecified atom stereocenters. The standard InChI is InChI=1S/C23H28N2O4S7/c1-22(2,19(26)28-13-15-31-35-17-9-5-7-11-24-17)33-21(30)34-23(3,4)20(27)29-14-16-32-36-18-10-6-8-12-25-18/h5-12H,13-16H2,1-4H3. The number of pyridine rings is 2. The molecule has 0 atom stereocenters. The van der Waals surface area contributed by atoms with E-state index in [9.17, 15) is 9.59 Å². The van der Waals surface area contributed by atoms with E-state index < -0.39 is 9.49 Å². The summed E-state index contributed by atoms with van der Waals surface area (Å²) in [5.41, 5.74) is 0. The Morgan fingerprint density at radius 3 is 1.56 bits per heavy atom. The number of thioether (sulfide) groups is 2. The van der Waals surface area contributed by atoms with Crippen LogP contribution in [0.3, 0.4) is 0 Å². The lowest BCUT2D eigenvalue weighted by Crippen LogP contribution is -2.34. The fourth-order valence-corrected chi connectivity index (χ4v) is 9.40. The van der Waals surface area contributed by atoms with Crippen LogP contribution in [0.25, 0.3) is 0 Å². The molecule has 0 saturated heterocycles. The van der Waals surface area contributed by atoms with Gasteiger partial charge in [0, 0.05) is 23.9 Å². The third kappa shape index (κ3) is 12.3. The van der Waals surface area contributed by atoms with Crippen LogP contribution in [-0.4, -0.2) is 59.6 Å². The molecule has 13 heteroatoms. The minimum atomic E-state index is -0.873. The quantitative estimate of drug-likeness (QED) is 0.0937. The van der Waals surface area contributed by atoms with Crippen molar-refractivity contribution in [2.24, 2.45) is 0 Å². The zero-order valence-corrected chi connectivity index (χ0v) is 26.0. The summed E-state index contributed by atoms with van der Waals surface area (Å²) < 4.78 is 9.63. The van der Waals surface area contributed by atoms with Crippen LogP contribution in [0.2, 0.25) is 0 Å². The SMILES string of the molecule is CC(C)(SC(=S)SC(C)(C)C(=O)OCCSSc1ccccn1)C(=O)OCCSSc1ccccn1. The van der Waals surface area contributed by atoms with Crippen LogP contribution >= 0.6 is 78.9 Å². The normalized spacial score (nSPS) is 11.7. The second-order valence-electron chi connectivity index (χ2n) is 7.89. The minimum absolute atomic E-state index is 0.293. The van der Waals surface area contributed by atoms with Gasteiger partial charge in [-0.25, -0.2) is 9.97 Å². The third-order valence-corrected chi connectivity index (χ3v) is 11.2. The number of carbonyl (C=O) groups is 2. The van der Waals surface area contributed by atoms with E-state index in [1.165, 1.54) is 23.5 Å². The molecule has 0 aliphatic rings. The first-order chi connectivity index (χ1) is 17.1. The van der Waals surface area contributed by atoms with Crippen molar-refractivity contribution >= 4 is 94.4 Å². The Morgan fingerprint density at radius 1 is 0.778 bits per heavy atom. The maximum Gasteiger partial charge on any atom is 0.322 e. The number of aromatic nitrogens is 2. The molecule has 2 aromatic rings. The summed E-state index contributed by atoms with van der Waals surface area (Å²) in [6.07, 6.45) is 3.49. The molecular weight excluding hydrogens is 593 g/mol. The van der Waals surface area contributed by atoms with Gasteiger partial charge in [0.1, 0.15) is 36.3 Å². The van der Waals surface area contributed by atoms with Crippen molar-refractivity contribution in [2.45, 2.75) is 47.2 Å². The summed E-state index contributed by atoms with van der Waals surface area (Å²) in [6.45, 7) is 7.66. The summed E-state index contributed by atoms with van der Waals surface area (Å²) in [5, 5.41) is 1.82. The highest BCUT2D eigenvalue weighted by Crippen LogP contribution is 2.38. The van der Waals surface area contributed by atoms with Gasteiger partial charge >= 0.3 is 11.9 Å². The van der Waals surface area contributed by atoms with Gasteiger partial charge in [0.05, 0.1) is 0 Å². The fraction of sp³-hybridized carbons (Fsp3) is 0.435. The van der Waals surface area contributed by atoms with Gasteiger partial charge in [-0.05, 0) is 73.5 Å². The van der Waals surface area contributed by atoms with Crippen molar-refractivity contribution in [1.82, 2.24) is 9.97 Å². The number of carbonyl (C=O) groups excluding carboxylic acids is 2. The molecule has 0 aliphatic heterocycles. The molecule has 0 spiro atoms. The van der Waals surface area contributed by atoms with Crippen molar-refractivity contribution in [1.29, 1.82) is 0 Å². The Balaban J connectivity index is 1.65. The number of ether oxygens (including phenoxy) is 2. The van der Waals surface area contributed by atoms with Crippen molar-refractivity contribution in [3.63, 3.8) is 0 Å². The number of hydrogen-bond acceptors (Lipinski definition) is 13. The van der Waals surface area contributed by atoms with E-state index >= 15 is 0 Å². The van der Waals surface area contributed by atoms with E-state index in [1.54, 1.807) is 83.3 Å². The Hall–Kier alpha value is -0.570. The van der Waals surface area contributed by atoms with Crippen molar-refractivity contribution in [3.05, 3.63) is 48.8 Å². The van der Waals surface area contributed by atoms with E-state index in [2.05, 4.69) is 9.97 Å². The van der Waals surface area contributed by atoms with Crippen LogP contribution in [0.15, 0.2) is 58.8 Å². The number of nitrogens with zero attached hydrogens (tertiary/aromatic N) is 2. The Bertz CT molecular complexity index is 901. The van der Waals surface area contributed by atoms with Crippen LogP contribution in [-0.2, 0) is 19.1 Å². The third-order valence-electron chi connectivity index (χ3n) is 4.02. The van der Waals surface area contributed by atoms with E-state index in [0.29, 0.717) is 28.2 Å². The summed E-state index contributed by atoms with van der Waals surface area (Å²) >= 11 is 7.93. The molecule has 0 amide bonds. The van der Waals surface area contributed by atoms with Crippen LogP contribution in [0, 0.1) is 0 Å². The van der Waals surface area contributed by atoms with Crippen molar-refractivity contribution in [3.8, 4) is 0 Å². The first-order valence-electron chi connectivity index (χ1n) is 10.8. The highest BCUT2D eigenvalue weighted by molar-refractivity contribution is 8.77. The predicted molar refractivity (Wildman–Crippen MR) is 163 cm³/mol. The van der Waals surface area contributed by atoms with Crippen molar-refractivity contribution < 1.29 is 19.1 Å². The Labute approximate surface area is 242 Å². The first-order valence-corrected chi connectivity index (χ1v) is 17.5. The molecule has 0 bridgehead atoms. The Kier molecular flexibility index (Phi) is 14.4. The lowest BCUT2D eigenvalue weighted by molar-refractivity contribution is -0.145. The molecular formula is C23H28N2O4S7. The molecule has 0 radical (unpaired) electrons. The molecule has 2 heterocycles. The van der Waals surface area contributed by atoms with E-state index in [4.69, 9.17) is 21.7 Å². The molecule has 0 saturated carbocycles. The number of thiocarbonyl (C=S) groups is 1. The summed E-state index contributed by atoms with van der Waals surface area (Å²) in [6, 6.07) is 11.5. The van der Waals surface area contributed by atoms with Crippen molar-refractivity contribution in [2.75, 3.05) is 24.7 Å². The largest absolute Gasteiger partial charge is 0.464 e. The smallest absolute Gasteiger partial charge is 0.322 e. The number of esters is 2. The highest BCUT2D eigenvalue weighted by atomic mass is 33.1. The molecule has 0 aliphatic carbocycles. The fourth-order valence-electron chi connectivity index (χ4n) is 2.20. The van der Waals surface area contributed by atoms with Gasteiger partial charge in [-0.15, -0.1) is 0 Å².